The molecule has 0 radical (unpaired) electrons. The Labute approximate surface area is 113 Å². The third kappa shape index (κ3) is 6.50. The van der Waals surface area contributed by atoms with Gasteiger partial charge in [-0.2, -0.15) is 13.2 Å². The first-order valence-electron chi connectivity index (χ1n) is 5.42. The molecule has 0 nitrogen and oxygen atoms in total. The summed E-state index contributed by atoms with van der Waals surface area (Å²) in [5.41, 5.74) is -3.30. The second-order valence-electron chi connectivity index (χ2n) is 3.93. The van der Waals surface area contributed by atoms with Gasteiger partial charge in [-0.3, -0.25) is 0 Å². The van der Waals surface area contributed by atoms with Gasteiger partial charge in [-0.15, -0.1) is 11.6 Å². The van der Waals surface area contributed by atoms with Crippen molar-refractivity contribution >= 4 is 23.4 Å². The van der Waals surface area contributed by atoms with E-state index in [0.717, 1.165) is 5.56 Å². The molecular formula is C12H13ClF4S. The predicted octanol–water partition coefficient (Wildman–Crippen LogP) is 4.87. The predicted molar refractivity (Wildman–Crippen MR) is 67.4 cm³/mol. The Morgan fingerprint density at radius 3 is 2.28 bits per heavy atom. The molecule has 0 N–H and O–H groups in total. The van der Waals surface area contributed by atoms with Crippen molar-refractivity contribution < 1.29 is 17.6 Å². The number of hydrogen-bond acceptors (Lipinski definition) is 1. The molecule has 0 spiro atoms. The molecule has 102 valence electrons. The van der Waals surface area contributed by atoms with Crippen LogP contribution in [0.25, 0.3) is 0 Å². The lowest BCUT2D eigenvalue weighted by Gasteiger charge is -2.14. The molecule has 0 aliphatic carbocycles. The lowest BCUT2D eigenvalue weighted by Crippen LogP contribution is -2.10. The Bertz CT molecular complexity index is 350. The van der Waals surface area contributed by atoms with Gasteiger partial charge >= 0.3 is 5.51 Å². The third-order valence-electron chi connectivity index (χ3n) is 2.45. The molecule has 0 heterocycles. The van der Waals surface area contributed by atoms with Crippen LogP contribution in [-0.4, -0.2) is 17.1 Å². The summed E-state index contributed by atoms with van der Waals surface area (Å²) in [6, 6.07) is 5.94. The maximum atomic E-state index is 12.7. The van der Waals surface area contributed by atoms with Crippen LogP contribution in [0.2, 0.25) is 0 Å². The van der Waals surface area contributed by atoms with Crippen LogP contribution < -0.4 is 0 Å². The minimum atomic E-state index is -4.19. The van der Waals surface area contributed by atoms with E-state index in [1.807, 2.05) is 0 Å². The number of benzene rings is 1. The van der Waals surface area contributed by atoms with E-state index in [1.54, 1.807) is 12.1 Å². The molecule has 1 aromatic rings. The molecule has 6 heteroatoms. The molecule has 0 bridgehead atoms. The highest BCUT2D eigenvalue weighted by atomic mass is 35.5. The largest absolute Gasteiger partial charge is 0.441 e. The zero-order valence-corrected chi connectivity index (χ0v) is 11.1. The van der Waals surface area contributed by atoms with Gasteiger partial charge in [-0.25, -0.2) is 4.39 Å². The Balaban J connectivity index is 2.40. The van der Waals surface area contributed by atoms with E-state index in [4.69, 9.17) is 11.6 Å². The SMILES string of the molecule is Fc1ccc(CC(CCl)CCSC(F)(F)F)cc1. The van der Waals surface area contributed by atoms with Crippen molar-refractivity contribution in [1.82, 2.24) is 0 Å². The van der Waals surface area contributed by atoms with Gasteiger partial charge < -0.3 is 0 Å². The lowest BCUT2D eigenvalue weighted by molar-refractivity contribution is -0.0328. The number of thioether (sulfide) groups is 1. The van der Waals surface area contributed by atoms with Crippen molar-refractivity contribution in [2.45, 2.75) is 18.3 Å². The molecule has 0 aromatic heterocycles. The van der Waals surface area contributed by atoms with Gasteiger partial charge in [-0.1, -0.05) is 23.9 Å². The van der Waals surface area contributed by atoms with Crippen LogP contribution >= 0.6 is 23.4 Å². The van der Waals surface area contributed by atoms with Crippen molar-refractivity contribution in [3.05, 3.63) is 35.6 Å². The molecule has 0 saturated heterocycles. The van der Waals surface area contributed by atoms with Gasteiger partial charge in [0, 0.05) is 11.6 Å². The topological polar surface area (TPSA) is 0 Å². The first-order chi connectivity index (χ1) is 8.40. The highest BCUT2D eigenvalue weighted by Crippen LogP contribution is 2.31. The first-order valence-corrected chi connectivity index (χ1v) is 6.94. The van der Waals surface area contributed by atoms with Crippen molar-refractivity contribution in [1.29, 1.82) is 0 Å². The molecule has 1 atom stereocenters. The molecule has 1 rings (SSSR count). The maximum absolute atomic E-state index is 12.7. The molecule has 0 aliphatic heterocycles. The molecule has 1 aromatic carbocycles. The van der Waals surface area contributed by atoms with Crippen LogP contribution in [0.3, 0.4) is 0 Å². The normalized spacial score (nSPS) is 13.6. The lowest BCUT2D eigenvalue weighted by atomic mass is 9.99. The summed E-state index contributed by atoms with van der Waals surface area (Å²) in [4.78, 5) is 0. The maximum Gasteiger partial charge on any atom is 0.441 e. The van der Waals surface area contributed by atoms with Gasteiger partial charge in [0.15, 0.2) is 0 Å². The Kier molecular flexibility index (Phi) is 6.29. The van der Waals surface area contributed by atoms with Crippen LogP contribution in [0.1, 0.15) is 12.0 Å². The molecule has 18 heavy (non-hydrogen) atoms. The zero-order valence-electron chi connectivity index (χ0n) is 9.51. The van der Waals surface area contributed by atoms with E-state index in [1.165, 1.54) is 12.1 Å². The van der Waals surface area contributed by atoms with Crippen molar-refractivity contribution in [2.24, 2.45) is 5.92 Å². The minimum absolute atomic E-state index is 0.00206. The Morgan fingerprint density at radius 1 is 1.17 bits per heavy atom. The van der Waals surface area contributed by atoms with E-state index in [2.05, 4.69) is 0 Å². The summed E-state index contributed by atoms with van der Waals surface area (Å²) in [6.45, 7) is 0. The van der Waals surface area contributed by atoms with E-state index in [-0.39, 0.29) is 29.2 Å². The monoisotopic (exact) mass is 300 g/mol. The summed E-state index contributed by atoms with van der Waals surface area (Å²) in [6.07, 6.45) is 0.966. The summed E-state index contributed by atoms with van der Waals surface area (Å²) < 4.78 is 48.6. The minimum Gasteiger partial charge on any atom is -0.207 e. The number of hydrogen-bond donors (Lipinski definition) is 0. The van der Waals surface area contributed by atoms with Crippen LogP contribution in [0.15, 0.2) is 24.3 Å². The van der Waals surface area contributed by atoms with Gasteiger partial charge in [0.1, 0.15) is 5.82 Å². The quantitative estimate of drug-likeness (QED) is 0.534. The summed E-state index contributed by atoms with van der Waals surface area (Å²) in [5.74, 6) is -0.0431. The van der Waals surface area contributed by atoms with Crippen molar-refractivity contribution in [3.63, 3.8) is 0 Å². The highest BCUT2D eigenvalue weighted by Gasteiger charge is 2.27. The zero-order chi connectivity index (χ0) is 13.6. The van der Waals surface area contributed by atoms with Crippen molar-refractivity contribution in [3.8, 4) is 0 Å². The second kappa shape index (κ2) is 7.24. The molecule has 1 unspecified atom stereocenters. The van der Waals surface area contributed by atoms with Gasteiger partial charge in [0.05, 0.1) is 0 Å². The van der Waals surface area contributed by atoms with Crippen LogP contribution in [0.4, 0.5) is 17.6 Å². The summed E-state index contributed by atoms with van der Waals surface area (Å²) in [5, 5.41) is 0. The van der Waals surface area contributed by atoms with Crippen LogP contribution in [0.5, 0.6) is 0 Å². The van der Waals surface area contributed by atoms with Gasteiger partial charge in [0.25, 0.3) is 0 Å². The summed E-state index contributed by atoms with van der Waals surface area (Å²) in [7, 11) is 0. The van der Waals surface area contributed by atoms with E-state index >= 15 is 0 Å². The molecular weight excluding hydrogens is 288 g/mol. The van der Waals surface area contributed by atoms with Gasteiger partial charge in [-0.05, 0) is 36.5 Å². The molecule has 0 fully saturated rings. The molecule has 0 saturated carbocycles. The highest BCUT2D eigenvalue weighted by molar-refractivity contribution is 8.00. The van der Waals surface area contributed by atoms with Crippen LogP contribution in [0, 0.1) is 11.7 Å². The number of rotatable bonds is 6. The first kappa shape index (κ1) is 15.6. The fourth-order valence-corrected chi connectivity index (χ4v) is 2.47. The van der Waals surface area contributed by atoms with Crippen molar-refractivity contribution in [2.75, 3.05) is 11.6 Å². The third-order valence-corrected chi connectivity index (χ3v) is 3.65. The summed E-state index contributed by atoms with van der Waals surface area (Å²) >= 11 is 5.71. The average molecular weight is 301 g/mol. The fraction of sp³-hybridized carbons (Fsp3) is 0.500. The van der Waals surface area contributed by atoms with Crippen LogP contribution in [-0.2, 0) is 6.42 Å². The average Bonchev–Trinajstić information content (AvgIpc) is 2.29. The van der Waals surface area contributed by atoms with E-state index < -0.39 is 5.51 Å². The fourth-order valence-electron chi connectivity index (χ4n) is 1.53. The molecule has 0 amide bonds. The standard InChI is InChI=1S/C12H13ClF4S/c13-8-10(5-6-18-12(15,16)17)7-9-1-3-11(14)4-2-9/h1-4,10H,5-8H2. The second-order valence-corrected chi connectivity index (χ2v) is 5.40. The van der Waals surface area contributed by atoms with E-state index in [0.29, 0.717) is 18.7 Å². The van der Waals surface area contributed by atoms with E-state index in [9.17, 15) is 17.6 Å². The van der Waals surface area contributed by atoms with Gasteiger partial charge in [0.2, 0.25) is 0 Å². The number of halogens is 5. The smallest absolute Gasteiger partial charge is 0.207 e. The Morgan fingerprint density at radius 2 is 1.78 bits per heavy atom. The number of alkyl halides is 4. The molecule has 0 aliphatic rings. The Hall–Kier alpha value is -0.420.